The van der Waals surface area contributed by atoms with Crippen molar-refractivity contribution in [1.29, 1.82) is 0 Å². The number of halogens is 2. The number of nitrogens with zero attached hydrogens (tertiary/aromatic N) is 1. The summed E-state index contributed by atoms with van der Waals surface area (Å²) in [5.74, 6) is -2.24. The number of carboxylic acids is 1. The van der Waals surface area contributed by atoms with E-state index in [1.54, 1.807) is 24.3 Å². The number of amides is 1. The van der Waals surface area contributed by atoms with Crippen LogP contribution in [0.5, 0.6) is 0 Å². The van der Waals surface area contributed by atoms with E-state index in [1.807, 2.05) is 0 Å². The molecule has 1 aliphatic rings. The van der Waals surface area contributed by atoms with E-state index in [-0.39, 0.29) is 12.1 Å². The van der Waals surface area contributed by atoms with E-state index in [0.717, 1.165) is 0 Å². The Morgan fingerprint density at radius 3 is 2.57 bits per heavy atom. The Hall–Kier alpha value is -1.99. The van der Waals surface area contributed by atoms with E-state index >= 15 is 0 Å². The monoisotopic (exact) mass is 437 g/mol. The average molecular weight is 439 g/mol. The molecule has 1 aliphatic heterocycles. The van der Waals surface area contributed by atoms with E-state index in [0.29, 0.717) is 25.8 Å². The first-order valence-electron chi connectivity index (χ1n) is 6.56. The van der Waals surface area contributed by atoms with Gasteiger partial charge in [-0.05, 0) is 45.8 Å². The lowest BCUT2D eigenvalue weighted by atomic mass is 10.1. The van der Waals surface area contributed by atoms with E-state index in [4.69, 9.17) is 5.11 Å². The summed E-state index contributed by atoms with van der Waals surface area (Å²) in [6.07, 6.45) is 0. The molecule has 2 aromatic rings. The third-order valence-corrected chi connectivity index (χ3v) is 4.56. The molecule has 1 N–H and O–H groups in total. The molecule has 0 aromatic heterocycles. The minimum absolute atomic E-state index is 0.124. The Morgan fingerprint density at radius 2 is 1.87 bits per heavy atom. The zero-order valence-corrected chi connectivity index (χ0v) is 14.7. The number of anilines is 1. The van der Waals surface area contributed by atoms with Crippen LogP contribution in [0.2, 0.25) is 0 Å². The molecule has 116 valence electrons. The Kier molecular flexibility index (Phi) is 4.08. The van der Waals surface area contributed by atoms with Crippen LogP contribution in [0.1, 0.15) is 26.3 Å². The molecule has 0 bridgehead atoms. The van der Waals surface area contributed by atoms with Gasteiger partial charge in [0.05, 0.1) is 23.4 Å². The predicted octanol–water partition coefficient (Wildman–Crippen LogP) is 3.64. The summed E-state index contributed by atoms with van der Waals surface area (Å²) in [5.41, 5.74) is 1.60. The van der Waals surface area contributed by atoms with Gasteiger partial charge in [0.15, 0.2) is 0 Å². The standard InChI is InChI=1S/C16H9Br2NO4/c17-10-5-11-13(12(18)6-10)19(15(21)14(11)20)7-8-2-1-3-9(4-8)16(22)23/h1-6H,7H2,(H,22,23). The molecule has 1 amide bonds. The number of rotatable bonds is 3. The second-order valence-electron chi connectivity index (χ2n) is 5.01. The van der Waals surface area contributed by atoms with Gasteiger partial charge in [-0.2, -0.15) is 0 Å². The number of ketones is 1. The van der Waals surface area contributed by atoms with E-state index in [9.17, 15) is 14.4 Å². The number of hydrogen-bond acceptors (Lipinski definition) is 3. The summed E-state index contributed by atoms with van der Waals surface area (Å²) in [4.78, 5) is 36.8. The Bertz CT molecular complexity index is 863. The summed E-state index contributed by atoms with van der Waals surface area (Å²) in [6.45, 7) is 0.124. The maximum absolute atomic E-state index is 12.3. The molecular formula is C16H9Br2NO4. The molecular weight excluding hydrogens is 430 g/mol. The molecule has 0 saturated carbocycles. The first kappa shape index (κ1) is 15.9. The number of carbonyl (C=O) groups is 3. The fraction of sp³-hybridized carbons (Fsp3) is 0.0625. The number of Topliss-reactive ketones (excluding diaryl/α,β-unsaturated/α-hetero) is 1. The number of benzene rings is 2. The predicted molar refractivity (Wildman–Crippen MR) is 90.8 cm³/mol. The molecule has 0 spiro atoms. The molecule has 0 fully saturated rings. The summed E-state index contributed by atoms with van der Waals surface area (Å²) in [7, 11) is 0. The second-order valence-corrected chi connectivity index (χ2v) is 6.78. The van der Waals surface area contributed by atoms with E-state index in [1.165, 1.54) is 17.0 Å². The van der Waals surface area contributed by atoms with E-state index in [2.05, 4.69) is 31.9 Å². The number of carboxylic acid groups (broad SMARTS) is 1. The highest BCUT2D eigenvalue weighted by Gasteiger charge is 2.37. The van der Waals surface area contributed by atoms with Crippen molar-refractivity contribution in [2.24, 2.45) is 0 Å². The Morgan fingerprint density at radius 1 is 1.13 bits per heavy atom. The summed E-state index contributed by atoms with van der Waals surface area (Å²) in [6, 6.07) is 9.65. The van der Waals surface area contributed by atoms with Crippen LogP contribution in [-0.4, -0.2) is 22.8 Å². The fourth-order valence-electron chi connectivity index (χ4n) is 2.49. The lowest BCUT2D eigenvalue weighted by Crippen LogP contribution is -2.29. The van der Waals surface area contributed by atoms with Gasteiger partial charge < -0.3 is 5.11 Å². The van der Waals surface area contributed by atoms with E-state index < -0.39 is 17.7 Å². The van der Waals surface area contributed by atoms with Gasteiger partial charge in [0.1, 0.15) is 0 Å². The van der Waals surface area contributed by atoms with Gasteiger partial charge >= 0.3 is 5.97 Å². The molecule has 23 heavy (non-hydrogen) atoms. The zero-order valence-electron chi connectivity index (χ0n) is 11.5. The normalized spacial score (nSPS) is 13.4. The Labute approximate surface area is 148 Å². The maximum atomic E-state index is 12.3. The first-order valence-corrected chi connectivity index (χ1v) is 8.14. The van der Waals surface area contributed by atoms with Crippen LogP contribution < -0.4 is 4.90 Å². The molecule has 0 unspecified atom stereocenters. The SMILES string of the molecule is O=C(O)c1cccc(CN2C(=O)C(=O)c3cc(Br)cc(Br)c32)c1. The summed E-state index contributed by atoms with van der Waals surface area (Å²) >= 11 is 6.67. The molecule has 0 radical (unpaired) electrons. The lowest BCUT2D eigenvalue weighted by molar-refractivity contribution is -0.114. The molecule has 7 heteroatoms. The fourth-order valence-corrected chi connectivity index (χ4v) is 3.93. The largest absolute Gasteiger partial charge is 0.478 e. The molecule has 0 atom stereocenters. The van der Waals surface area contributed by atoms with Crippen molar-refractivity contribution in [3.63, 3.8) is 0 Å². The van der Waals surface area contributed by atoms with Gasteiger partial charge in [-0.25, -0.2) is 4.79 Å². The summed E-state index contributed by atoms with van der Waals surface area (Å²) < 4.78 is 1.31. The smallest absolute Gasteiger partial charge is 0.335 e. The average Bonchev–Trinajstić information content (AvgIpc) is 2.73. The highest BCUT2D eigenvalue weighted by Crippen LogP contribution is 2.39. The third kappa shape index (κ3) is 2.82. The highest BCUT2D eigenvalue weighted by atomic mass is 79.9. The molecule has 2 aromatic carbocycles. The van der Waals surface area contributed by atoms with Crippen LogP contribution in [-0.2, 0) is 11.3 Å². The van der Waals surface area contributed by atoms with Crippen LogP contribution in [0.4, 0.5) is 5.69 Å². The lowest BCUT2D eigenvalue weighted by Gasteiger charge is -2.18. The van der Waals surface area contributed by atoms with Crippen molar-refractivity contribution in [1.82, 2.24) is 0 Å². The van der Waals surface area contributed by atoms with Crippen LogP contribution in [0.25, 0.3) is 0 Å². The minimum Gasteiger partial charge on any atom is -0.478 e. The van der Waals surface area contributed by atoms with Gasteiger partial charge in [0, 0.05) is 8.95 Å². The second kappa shape index (κ2) is 5.90. The number of hydrogen-bond donors (Lipinski definition) is 1. The van der Waals surface area contributed by atoms with Crippen molar-refractivity contribution in [3.8, 4) is 0 Å². The van der Waals surface area contributed by atoms with Crippen LogP contribution in [0, 0.1) is 0 Å². The minimum atomic E-state index is -1.04. The molecule has 5 nitrogen and oxygen atoms in total. The third-order valence-electron chi connectivity index (χ3n) is 3.50. The molecule has 0 saturated heterocycles. The molecule has 3 rings (SSSR count). The topological polar surface area (TPSA) is 74.7 Å². The van der Waals surface area contributed by atoms with Crippen molar-refractivity contribution in [3.05, 3.63) is 62.0 Å². The van der Waals surface area contributed by atoms with Gasteiger partial charge in [0.2, 0.25) is 0 Å². The highest BCUT2D eigenvalue weighted by molar-refractivity contribution is 9.11. The van der Waals surface area contributed by atoms with Gasteiger partial charge in [-0.15, -0.1) is 0 Å². The number of carbonyl (C=O) groups excluding carboxylic acids is 2. The van der Waals surface area contributed by atoms with Crippen LogP contribution in [0.15, 0.2) is 45.3 Å². The van der Waals surface area contributed by atoms with Crippen molar-refractivity contribution in [2.45, 2.75) is 6.54 Å². The van der Waals surface area contributed by atoms with Crippen LogP contribution >= 0.6 is 31.9 Å². The molecule has 1 heterocycles. The van der Waals surface area contributed by atoms with Crippen molar-refractivity contribution >= 4 is 55.2 Å². The number of fused-ring (bicyclic) bond motifs is 1. The van der Waals surface area contributed by atoms with Crippen molar-refractivity contribution in [2.75, 3.05) is 4.90 Å². The zero-order chi connectivity index (χ0) is 16.7. The Balaban J connectivity index is 2.02. The quantitative estimate of drug-likeness (QED) is 0.742. The maximum Gasteiger partial charge on any atom is 0.335 e. The summed E-state index contributed by atoms with van der Waals surface area (Å²) in [5, 5.41) is 9.05. The van der Waals surface area contributed by atoms with Gasteiger partial charge in [-0.1, -0.05) is 28.1 Å². The van der Waals surface area contributed by atoms with Gasteiger partial charge in [0.25, 0.3) is 11.7 Å². The van der Waals surface area contributed by atoms with Crippen LogP contribution in [0.3, 0.4) is 0 Å². The number of aromatic carboxylic acids is 1. The van der Waals surface area contributed by atoms with Crippen molar-refractivity contribution < 1.29 is 19.5 Å². The van der Waals surface area contributed by atoms with Gasteiger partial charge in [-0.3, -0.25) is 14.5 Å². The first-order chi connectivity index (χ1) is 10.9. The molecule has 0 aliphatic carbocycles.